The highest BCUT2D eigenvalue weighted by atomic mass is 19.1. The molecule has 1 aromatic rings. The van der Waals surface area contributed by atoms with Gasteiger partial charge in [-0.3, -0.25) is 4.79 Å². The van der Waals surface area contributed by atoms with E-state index in [0.717, 1.165) is 0 Å². The minimum atomic E-state index is -0.347. The first-order valence-electron chi connectivity index (χ1n) is 5.31. The van der Waals surface area contributed by atoms with E-state index in [9.17, 15) is 9.18 Å². The van der Waals surface area contributed by atoms with Crippen molar-refractivity contribution in [1.29, 1.82) is 0 Å². The minimum absolute atomic E-state index is 0.0116. The van der Waals surface area contributed by atoms with Crippen LogP contribution in [0.2, 0.25) is 0 Å². The first kappa shape index (κ1) is 12.6. The van der Waals surface area contributed by atoms with Crippen LogP contribution in [0.1, 0.15) is 30.6 Å². The summed E-state index contributed by atoms with van der Waals surface area (Å²) in [6, 6.07) is 5.52. The van der Waals surface area contributed by atoms with E-state index < -0.39 is 0 Å². The van der Waals surface area contributed by atoms with E-state index in [1.165, 1.54) is 24.3 Å². The lowest BCUT2D eigenvalue weighted by molar-refractivity contribution is 0.0937. The van der Waals surface area contributed by atoms with Crippen molar-refractivity contribution in [2.45, 2.75) is 32.4 Å². The molecule has 2 atom stereocenters. The number of nitrogens with one attached hydrogen (secondary N) is 1. The van der Waals surface area contributed by atoms with Crippen LogP contribution in [0.15, 0.2) is 24.3 Å². The van der Waals surface area contributed by atoms with E-state index in [0.29, 0.717) is 12.0 Å². The Bertz CT molecular complexity index is 349. The summed E-state index contributed by atoms with van der Waals surface area (Å²) in [5.41, 5.74) is 6.08. The van der Waals surface area contributed by atoms with Gasteiger partial charge in [-0.05, 0) is 44.5 Å². The normalized spacial score (nSPS) is 14.2. The van der Waals surface area contributed by atoms with Crippen LogP contribution < -0.4 is 11.1 Å². The molecule has 3 nitrogen and oxygen atoms in total. The Hall–Kier alpha value is -1.42. The van der Waals surface area contributed by atoms with Crippen LogP contribution in [-0.2, 0) is 0 Å². The van der Waals surface area contributed by atoms with Crippen molar-refractivity contribution >= 4 is 5.91 Å². The lowest BCUT2D eigenvalue weighted by Gasteiger charge is -2.15. The molecule has 2 unspecified atom stereocenters. The van der Waals surface area contributed by atoms with Gasteiger partial charge >= 0.3 is 0 Å². The highest BCUT2D eigenvalue weighted by molar-refractivity contribution is 5.94. The molecule has 0 aliphatic carbocycles. The van der Waals surface area contributed by atoms with E-state index in [1.807, 2.05) is 13.8 Å². The third kappa shape index (κ3) is 3.98. The van der Waals surface area contributed by atoms with Gasteiger partial charge in [-0.2, -0.15) is 0 Å². The number of benzene rings is 1. The van der Waals surface area contributed by atoms with E-state index >= 15 is 0 Å². The number of hydrogen-bond acceptors (Lipinski definition) is 2. The molecule has 0 bridgehead atoms. The summed E-state index contributed by atoms with van der Waals surface area (Å²) in [5.74, 6) is -0.548. The maximum atomic E-state index is 12.6. The fourth-order valence-corrected chi connectivity index (χ4v) is 1.52. The van der Waals surface area contributed by atoms with Crippen LogP contribution in [0, 0.1) is 5.82 Å². The quantitative estimate of drug-likeness (QED) is 0.817. The van der Waals surface area contributed by atoms with Crippen LogP contribution in [0.25, 0.3) is 0 Å². The molecule has 1 rings (SSSR count). The van der Waals surface area contributed by atoms with Crippen molar-refractivity contribution < 1.29 is 9.18 Å². The largest absolute Gasteiger partial charge is 0.350 e. The van der Waals surface area contributed by atoms with Crippen LogP contribution in [0.4, 0.5) is 4.39 Å². The van der Waals surface area contributed by atoms with E-state index in [-0.39, 0.29) is 23.8 Å². The van der Waals surface area contributed by atoms with Crippen molar-refractivity contribution in [2.75, 3.05) is 0 Å². The van der Waals surface area contributed by atoms with Crippen molar-refractivity contribution in [2.24, 2.45) is 5.73 Å². The molecule has 0 radical (unpaired) electrons. The first-order chi connectivity index (χ1) is 7.49. The Morgan fingerprint density at radius 2 is 1.94 bits per heavy atom. The van der Waals surface area contributed by atoms with Crippen LogP contribution in [-0.4, -0.2) is 18.0 Å². The molecule has 0 saturated carbocycles. The standard InChI is InChI=1S/C12H17FN2O/c1-8(14)7-9(2)15-12(16)10-3-5-11(13)6-4-10/h3-6,8-9H,7,14H2,1-2H3,(H,15,16). The van der Waals surface area contributed by atoms with Gasteiger partial charge in [0.2, 0.25) is 0 Å². The number of halogens is 1. The summed E-state index contributed by atoms with van der Waals surface area (Å²) < 4.78 is 12.6. The number of amides is 1. The molecular weight excluding hydrogens is 207 g/mol. The Morgan fingerprint density at radius 1 is 1.38 bits per heavy atom. The molecule has 0 saturated heterocycles. The van der Waals surface area contributed by atoms with Crippen LogP contribution in [0.5, 0.6) is 0 Å². The van der Waals surface area contributed by atoms with Crippen LogP contribution in [0.3, 0.4) is 0 Å². The average Bonchev–Trinajstić information content (AvgIpc) is 2.16. The molecule has 1 aromatic carbocycles. The second kappa shape index (κ2) is 5.61. The molecule has 0 spiro atoms. The molecule has 0 aliphatic rings. The van der Waals surface area contributed by atoms with Crippen molar-refractivity contribution in [1.82, 2.24) is 5.32 Å². The zero-order valence-corrected chi connectivity index (χ0v) is 9.53. The van der Waals surface area contributed by atoms with Gasteiger partial charge in [0.25, 0.3) is 5.91 Å². The number of carbonyl (C=O) groups is 1. The van der Waals surface area contributed by atoms with Gasteiger partial charge in [0.05, 0.1) is 0 Å². The predicted octanol–water partition coefficient (Wildman–Crippen LogP) is 1.68. The monoisotopic (exact) mass is 224 g/mol. The molecule has 0 heterocycles. The lowest BCUT2D eigenvalue weighted by Crippen LogP contribution is -2.36. The number of carbonyl (C=O) groups excluding carboxylic acids is 1. The molecule has 16 heavy (non-hydrogen) atoms. The molecule has 0 aliphatic heterocycles. The topological polar surface area (TPSA) is 55.1 Å². The summed E-state index contributed by atoms with van der Waals surface area (Å²) in [7, 11) is 0. The number of hydrogen-bond donors (Lipinski definition) is 2. The van der Waals surface area contributed by atoms with E-state index in [1.54, 1.807) is 0 Å². The zero-order chi connectivity index (χ0) is 12.1. The summed E-state index contributed by atoms with van der Waals surface area (Å²) in [4.78, 5) is 11.7. The van der Waals surface area contributed by atoms with E-state index in [2.05, 4.69) is 5.32 Å². The highest BCUT2D eigenvalue weighted by Crippen LogP contribution is 2.04. The smallest absolute Gasteiger partial charge is 0.251 e. The maximum absolute atomic E-state index is 12.6. The second-order valence-electron chi connectivity index (χ2n) is 4.09. The fraction of sp³-hybridized carbons (Fsp3) is 0.417. The van der Waals surface area contributed by atoms with Gasteiger partial charge in [-0.25, -0.2) is 4.39 Å². The van der Waals surface area contributed by atoms with Crippen molar-refractivity contribution in [3.63, 3.8) is 0 Å². The Kier molecular flexibility index (Phi) is 4.43. The van der Waals surface area contributed by atoms with Gasteiger partial charge < -0.3 is 11.1 Å². The highest BCUT2D eigenvalue weighted by Gasteiger charge is 2.10. The molecular formula is C12H17FN2O. The first-order valence-corrected chi connectivity index (χ1v) is 5.31. The van der Waals surface area contributed by atoms with Gasteiger partial charge in [-0.15, -0.1) is 0 Å². The summed E-state index contributed by atoms with van der Waals surface area (Å²) in [6.45, 7) is 3.78. The fourth-order valence-electron chi connectivity index (χ4n) is 1.52. The van der Waals surface area contributed by atoms with Crippen molar-refractivity contribution in [3.8, 4) is 0 Å². The molecule has 1 amide bonds. The predicted molar refractivity (Wildman–Crippen MR) is 61.6 cm³/mol. The minimum Gasteiger partial charge on any atom is -0.350 e. The SMILES string of the molecule is CC(N)CC(C)NC(=O)c1ccc(F)cc1. The number of nitrogens with two attached hydrogens (primary N) is 1. The summed E-state index contributed by atoms with van der Waals surface area (Å²) in [6.07, 6.45) is 0.715. The van der Waals surface area contributed by atoms with Gasteiger partial charge in [0.15, 0.2) is 0 Å². The molecule has 0 fully saturated rings. The Labute approximate surface area is 94.8 Å². The molecule has 88 valence electrons. The third-order valence-electron chi connectivity index (χ3n) is 2.21. The third-order valence-corrected chi connectivity index (χ3v) is 2.21. The molecule has 4 heteroatoms. The van der Waals surface area contributed by atoms with Gasteiger partial charge in [0, 0.05) is 17.6 Å². The Morgan fingerprint density at radius 3 is 2.44 bits per heavy atom. The van der Waals surface area contributed by atoms with Crippen molar-refractivity contribution in [3.05, 3.63) is 35.6 Å². The summed E-state index contributed by atoms with van der Waals surface area (Å²) >= 11 is 0. The van der Waals surface area contributed by atoms with Crippen LogP contribution >= 0.6 is 0 Å². The molecule has 3 N–H and O–H groups in total. The average molecular weight is 224 g/mol. The Balaban J connectivity index is 2.55. The van der Waals surface area contributed by atoms with Gasteiger partial charge in [0.1, 0.15) is 5.82 Å². The lowest BCUT2D eigenvalue weighted by atomic mass is 10.1. The van der Waals surface area contributed by atoms with E-state index in [4.69, 9.17) is 5.73 Å². The molecule has 0 aromatic heterocycles. The number of rotatable bonds is 4. The summed E-state index contributed by atoms with van der Waals surface area (Å²) in [5, 5.41) is 2.81. The van der Waals surface area contributed by atoms with Gasteiger partial charge in [-0.1, -0.05) is 0 Å². The maximum Gasteiger partial charge on any atom is 0.251 e. The second-order valence-corrected chi connectivity index (χ2v) is 4.09. The zero-order valence-electron chi connectivity index (χ0n) is 9.53.